The van der Waals surface area contributed by atoms with E-state index in [4.69, 9.17) is 9.84 Å². The lowest BCUT2D eigenvalue weighted by atomic mass is 9.82. The third-order valence-electron chi connectivity index (χ3n) is 7.01. The fourth-order valence-corrected chi connectivity index (χ4v) is 4.91. The molecule has 0 aliphatic carbocycles. The van der Waals surface area contributed by atoms with Crippen molar-refractivity contribution in [1.29, 1.82) is 0 Å². The van der Waals surface area contributed by atoms with E-state index in [0.29, 0.717) is 55.7 Å². The zero-order valence-electron chi connectivity index (χ0n) is 20.9. The van der Waals surface area contributed by atoms with Crippen LogP contribution in [-0.2, 0) is 24.7 Å². The molecule has 2 heterocycles. The van der Waals surface area contributed by atoms with Gasteiger partial charge in [0.05, 0.1) is 12.8 Å². The third-order valence-corrected chi connectivity index (χ3v) is 7.01. The number of rotatable bonds is 10. The monoisotopic (exact) mass is 486 g/mol. The number of fused-ring (bicyclic) bond motifs is 1. The van der Waals surface area contributed by atoms with Crippen molar-refractivity contribution >= 4 is 29.2 Å². The first kappa shape index (κ1) is 26.9. The second kappa shape index (κ2) is 12.3. The summed E-state index contributed by atoms with van der Waals surface area (Å²) in [6.45, 7) is 2.75. The fraction of sp³-hybridized carbons (Fsp3) is 0.593. The van der Waals surface area contributed by atoms with Gasteiger partial charge in [-0.3, -0.25) is 14.4 Å². The van der Waals surface area contributed by atoms with Crippen LogP contribution in [0, 0.1) is 5.92 Å². The van der Waals surface area contributed by atoms with Gasteiger partial charge >= 0.3 is 5.97 Å². The number of carbonyl (C=O) groups excluding carboxylic acids is 3. The Balaban J connectivity index is 1.93. The minimum atomic E-state index is -1.79. The van der Waals surface area contributed by atoms with Gasteiger partial charge in [-0.15, -0.1) is 0 Å². The molecule has 8 heteroatoms. The van der Waals surface area contributed by atoms with E-state index in [1.807, 2.05) is 12.1 Å². The predicted molar refractivity (Wildman–Crippen MR) is 134 cm³/mol. The summed E-state index contributed by atoms with van der Waals surface area (Å²) < 4.78 is 4.69. The van der Waals surface area contributed by atoms with E-state index in [1.54, 1.807) is 34.9 Å². The van der Waals surface area contributed by atoms with E-state index in [0.717, 1.165) is 25.7 Å². The number of unbranched alkanes of at least 4 members (excludes halogenated alkanes) is 1. The van der Waals surface area contributed by atoms with E-state index in [2.05, 4.69) is 0 Å². The molecule has 0 spiro atoms. The minimum absolute atomic E-state index is 0.0142. The van der Waals surface area contributed by atoms with Crippen molar-refractivity contribution in [2.45, 2.75) is 70.3 Å². The van der Waals surface area contributed by atoms with Gasteiger partial charge in [0.25, 0.3) is 5.91 Å². The molecule has 1 saturated heterocycles. The second-order valence-electron chi connectivity index (χ2n) is 9.40. The van der Waals surface area contributed by atoms with Crippen molar-refractivity contribution in [2.24, 2.45) is 5.92 Å². The molecule has 0 aromatic heterocycles. The SMILES string of the molecule is COC(=O)CCCCN1C(=O)[C@](O)([C@H](C)/C=C/CCO)c2cc(N3CCCCCCC3=O)ccc21. The van der Waals surface area contributed by atoms with Crippen LogP contribution in [-0.4, -0.2) is 54.8 Å². The summed E-state index contributed by atoms with van der Waals surface area (Å²) in [5.41, 5.74) is 0.0250. The van der Waals surface area contributed by atoms with Gasteiger partial charge < -0.3 is 24.7 Å². The Kier molecular flexibility index (Phi) is 9.46. The summed E-state index contributed by atoms with van der Waals surface area (Å²) in [4.78, 5) is 41.3. The van der Waals surface area contributed by atoms with Crippen LogP contribution in [0.3, 0.4) is 0 Å². The summed E-state index contributed by atoms with van der Waals surface area (Å²) >= 11 is 0. The quantitative estimate of drug-likeness (QED) is 0.298. The highest BCUT2D eigenvalue weighted by Gasteiger charge is 2.52. The number of carbonyl (C=O) groups is 3. The average Bonchev–Trinajstić information content (AvgIpc) is 3.06. The van der Waals surface area contributed by atoms with Crippen molar-refractivity contribution in [1.82, 2.24) is 0 Å². The number of aliphatic hydroxyl groups is 2. The lowest BCUT2D eigenvalue weighted by molar-refractivity contribution is -0.140. The second-order valence-corrected chi connectivity index (χ2v) is 9.40. The van der Waals surface area contributed by atoms with Gasteiger partial charge in [0, 0.05) is 49.7 Å². The topological polar surface area (TPSA) is 107 Å². The third kappa shape index (κ3) is 5.93. The Morgan fingerprint density at radius 2 is 1.97 bits per heavy atom. The molecule has 2 aliphatic rings. The summed E-state index contributed by atoms with van der Waals surface area (Å²) in [7, 11) is 1.35. The molecular formula is C27H38N2O6. The largest absolute Gasteiger partial charge is 0.469 e. The Hall–Kier alpha value is -2.71. The molecule has 1 fully saturated rings. The molecule has 3 rings (SSSR count). The number of hydrogen-bond donors (Lipinski definition) is 2. The molecule has 2 aliphatic heterocycles. The summed E-state index contributed by atoms with van der Waals surface area (Å²) in [6, 6.07) is 5.46. The maximum Gasteiger partial charge on any atom is 0.305 e. The number of benzene rings is 1. The van der Waals surface area contributed by atoms with Crippen molar-refractivity contribution < 1.29 is 29.3 Å². The molecule has 2 amide bonds. The maximum absolute atomic E-state index is 13.6. The molecule has 2 N–H and O–H groups in total. The fourth-order valence-electron chi connectivity index (χ4n) is 4.91. The summed E-state index contributed by atoms with van der Waals surface area (Å²) in [6.07, 6.45) is 9.78. The van der Waals surface area contributed by atoms with E-state index in [9.17, 15) is 19.5 Å². The van der Waals surface area contributed by atoms with Crippen LogP contribution < -0.4 is 9.80 Å². The highest BCUT2D eigenvalue weighted by atomic mass is 16.5. The first-order chi connectivity index (χ1) is 16.8. The van der Waals surface area contributed by atoms with E-state index < -0.39 is 17.4 Å². The molecular weight excluding hydrogens is 448 g/mol. The summed E-state index contributed by atoms with van der Waals surface area (Å²) in [5, 5.41) is 21.0. The smallest absolute Gasteiger partial charge is 0.305 e. The highest BCUT2D eigenvalue weighted by molar-refractivity contribution is 6.08. The zero-order valence-corrected chi connectivity index (χ0v) is 20.9. The number of anilines is 2. The normalized spacial score (nSPS) is 21.7. The van der Waals surface area contributed by atoms with Crippen LogP contribution in [0.5, 0.6) is 0 Å². The summed E-state index contributed by atoms with van der Waals surface area (Å²) in [5.74, 6) is -1.19. The number of aliphatic hydroxyl groups excluding tert-OH is 1. The van der Waals surface area contributed by atoms with E-state index in [1.165, 1.54) is 7.11 Å². The number of methoxy groups -OCH3 is 1. The van der Waals surface area contributed by atoms with Crippen LogP contribution in [0.15, 0.2) is 30.4 Å². The molecule has 0 radical (unpaired) electrons. The van der Waals surface area contributed by atoms with Crippen molar-refractivity contribution in [2.75, 3.05) is 36.6 Å². The highest BCUT2D eigenvalue weighted by Crippen LogP contribution is 2.47. The average molecular weight is 487 g/mol. The molecule has 0 saturated carbocycles. The van der Waals surface area contributed by atoms with Gasteiger partial charge in [0.15, 0.2) is 5.60 Å². The first-order valence-corrected chi connectivity index (χ1v) is 12.7. The first-order valence-electron chi connectivity index (χ1n) is 12.7. The standard InChI is InChI=1S/C27H38N2O6/c1-20(11-7-10-18-30)27(34)22-19-21(28-16-8-4-3-5-12-24(28)31)14-15-23(22)29(26(27)33)17-9-6-13-25(32)35-2/h7,11,14-15,19-20,30,34H,3-6,8-10,12-13,16-18H2,1-2H3/b11-7+/t20-,27+/m1/s1. The van der Waals surface area contributed by atoms with Crippen LogP contribution in [0.2, 0.25) is 0 Å². The molecule has 1 aromatic carbocycles. The number of nitrogens with zero attached hydrogens (tertiary/aromatic N) is 2. The van der Waals surface area contributed by atoms with Crippen molar-refractivity contribution in [3.8, 4) is 0 Å². The van der Waals surface area contributed by atoms with Gasteiger partial charge in [0.1, 0.15) is 0 Å². The van der Waals surface area contributed by atoms with Gasteiger partial charge in [-0.05, 0) is 50.3 Å². The van der Waals surface area contributed by atoms with Crippen molar-refractivity contribution in [3.63, 3.8) is 0 Å². The number of esters is 1. The Morgan fingerprint density at radius 3 is 2.71 bits per heavy atom. The molecule has 35 heavy (non-hydrogen) atoms. The van der Waals surface area contributed by atoms with Gasteiger partial charge in [0.2, 0.25) is 5.91 Å². The minimum Gasteiger partial charge on any atom is -0.469 e. The number of amides is 2. The molecule has 0 unspecified atom stereocenters. The zero-order chi connectivity index (χ0) is 25.4. The Labute approximate surface area is 207 Å². The molecule has 192 valence electrons. The van der Waals surface area contributed by atoms with Gasteiger partial charge in [-0.2, -0.15) is 0 Å². The lowest BCUT2D eigenvalue weighted by Gasteiger charge is -2.29. The van der Waals surface area contributed by atoms with Crippen LogP contribution in [0.4, 0.5) is 11.4 Å². The van der Waals surface area contributed by atoms with Crippen molar-refractivity contribution in [3.05, 3.63) is 35.9 Å². The maximum atomic E-state index is 13.6. The van der Waals surface area contributed by atoms with Crippen LogP contribution >= 0.6 is 0 Å². The lowest BCUT2D eigenvalue weighted by Crippen LogP contribution is -2.44. The van der Waals surface area contributed by atoms with Crippen LogP contribution in [0.25, 0.3) is 0 Å². The van der Waals surface area contributed by atoms with E-state index >= 15 is 0 Å². The molecule has 0 bridgehead atoms. The Bertz CT molecular complexity index is 946. The Morgan fingerprint density at radius 1 is 1.20 bits per heavy atom. The molecule has 1 aromatic rings. The van der Waals surface area contributed by atoms with Crippen LogP contribution in [0.1, 0.15) is 70.3 Å². The molecule has 2 atom stereocenters. The molecule has 8 nitrogen and oxygen atoms in total. The number of ether oxygens (including phenoxy) is 1. The van der Waals surface area contributed by atoms with E-state index in [-0.39, 0.29) is 24.9 Å². The van der Waals surface area contributed by atoms with Gasteiger partial charge in [-0.1, -0.05) is 31.9 Å². The van der Waals surface area contributed by atoms with Gasteiger partial charge in [-0.25, -0.2) is 0 Å². The number of hydrogen-bond acceptors (Lipinski definition) is 6. The predicted octanol–water partition coefficient (Wildman–Crippen LogP) is 3.44.